The van der Waals surface area contributed by atoms with Gasteiger partial charge in [0.25, 0.3) is 0 Å². The molecular formula is C17H20FN5. The Balaban J connectivity index is 1.55. The van der Waals surface area contributed by atoms with E-state index in [1.165, 1.54) is 6.07 Å². The molecule has 0 amide bonds. The molecule has 1 aliphatic heterocycles. The molecule has 1 atom stereocenters. The van der Waals surface area contributed by atoms with Crippen molar-refractivity contribution < 1.29 is 4.39 Å². The van der Waals surface area contributed by atoms with Crippen LogP contribution in [0.4, 0.5) is 4.39 Å². The molecule has 1 N–H and O–H groups in total. The molecule has 1 aromatic carbocycles. The first-order chi connectivity index (χ1) is 11.2. The SMILES string of the molecule is CCc1nnc2n1C[C@@H](CNCc1ccc(C#N)cc1F)CC2. The number of nitrogens with one attached hydrogen (secondary N) is 1. The second-order valence-corrected chi connectivity index (χ2v) is 5.95. The minimum Gasteiger partial charge on any atom is -0.315 e. The number of benzene rings is 1. The van der Waals surface area contributed by atoms with Gasteiger partial charge in [0.05, 0.1) is 11.6 Å². The summed E-state index contributed by atoms with van der Waals surface area (Å²) in [5.74, 6) is 2.30. The van der Waals surface area contributed by atoms with Gasteiger partial charge in [0.2, 0.25) is 0 Å². The van der Waals surface area contributed by atoms with Gasteiger partial charge in [-0.25, -0.2) is 4.39 Å². The Kier molecular flexibility index (Phi) is 4.68. The third-order valence-corrected chi connectivity index (χ3v) is 4.37. The van der Waals surface area contributed by atoms with E-state index in [-0.39, 0.29) is 5.82 Å². The minimum absolute atomic E-state index is 0.324. The normalized spacial score (nSPS) is 16.8. The summed E-state index contributed by atoms with van der Waals surface area (Å²) in [5.41, 5.74) is 0.949. The zero-order valence-electron chi connectivity index (χ0n) is 13.2. The molecule has 1 aromatic heterocycles. The van der Waals surface area contributed by atoms with Crippen LogP contribution in [-0.2, 0) is 25.9 Å². The number of hydrogen-bond acceptors (Lipinski definition) is 4. The van der Waals surface area contributed by atoms with Crippen molar-refractivity contribution in [2.45, 2.75) is 39.3 Å². The monoisotopic (exact) mass is 313 g/mol. The van der Waals surface area contributed by atoms with Gasteiger partial charge in [0.15, 0.2) is 0 Å². The summed E-state index contributed by atoms with van der Waals surface area (Å²) in [6, 6.07) is 6.56. The summed E-state index contributed by atoms with van der Waals surface area (Å²) >= 11 is 0. The molecule has 0 bridgehead atoms. The Morgan fingerprint density at radius 1 is 1.43 bits per heavy atom. The highest BCUT2D eigenvalue weighted by atomic mass is 19.1. The van der Waals surface area contributed by atoms with E-state index in [2.05, 4.69) is 27.0 Å². The fourth-order valence-corrected chi connectivity index (χ4v) is 3.05. The summed E-state index contributed by atoms with van der Waals surface area (Å²) in [7, 11) is 0. The molecule has 5 nitrogen and oxygen atoms in total. The average molecular weight is 313 g/mol. The number of nitrogens with zero attached hydrogens (tertiary/aromatic N) is 4. The van der Waals surface area contributed by atoms with Crippen LogP contribution >= 0.6 is 0 Å². The van der Waals surface area contributed by atoms with Crippen molar-refractivity contribution in [1.82, 2.24) is 20.1 Å². The number of nitriles is 1. The third kappa shape index (κ3) is 3.40. The summed E-state index contributed by atoms with van der Waals surface area (Å²) in [6.07, 6.45) is 2.92. The van der Waals surface area contributed by atoms with Crippen molar-refractivity contribution in [3.05, 3.63) is 46.8 Å². The molecule has 2 heterocycles. The molecule has 1 aliphatic rings. The predicted octanol–water partition coefficient (Wildman–Crippen LogP) is 2.20. The largest absolute Gasteiger partial charge is 0.315 e. The summed E-state index contributed by atoms with van der Waals surface area (Å²) in [6.45, 7) is 4.32. The van der Waals surface area contributed by atoms with E-state index in [0.29, 0.717) is 23.6 Å². The van der Waals surface area contributed by atoms with Gasteiger partial charge in [-0.2, -0.15) is 5.26 Å². The maximum Gasteiger partial charge on any atom is 0.133 e. The topological polar surface area (TPSA) is 66.5 Å². The predicted molar refractivity (Wildman–Crippen MR) is 84.0 cm³/mol. The van der Waals surface area contributed by atoms with Crippen molar-refractivity contribution in [3.8, 4) is 6.07 Å². The number of fused-ring (bicyclic) bond motifs is 1. The minimum atomic E-state index is -0.324. The first-order valence-corrected chi connectivity index (χ1v) is 8.01. The highest BCUT2D eigenvalue weighted by Gasteiger charge is 2.21. The van der Waals surface area contributed by atoms with Crippen molar-refractivity contribution in [2.24, 2.45) is 5.92 Å². The Morgan fingerprint density at radius 3 is 3.04 bits per heavy atom. The average Bonchev–Trinajstić information content (AvgIpc) is 2.98. The molecule has 3 rings (SSSR count). The molecule has 0 aliphatic carbocycles. The second kappa shape index (κ2) is 6.88. The molecule has 2 aromatic rings. The summed E-state index contributed by atoms with van der Waals surface area (Å²) in [4.78, 5) is 0. The molecule has 0 spiro atoms. The standard InChI is InChI=1S/C17H20FN5/c1-2-16-21-22-17-6-4-13(11-23(16)17)9-20-10-14-5-3-12(8-19)7-15(14)18/h3,5,7,13,20H,2,4,6,9-11H2,1H3/t13-/m1/s1. The van der Waals surface area contributed by atoms with Gasteiger partial charge in [-0.15, -0.1) is 10.2 Å². The molecule has 0 saturated heterocycles. The van der Waals surface area contributed by atoms with E-state index in [9.17, 15) is 4.39 Å². The fourth-order valence-electron chi connectivity index (χ4n) is 3.05. The maximum atomic E-state index is 13.8. The Hall–Kier alpha value is -2.26. The molecule has 23 heavy (non-hydrogen) atoms. The van der Waals surface area contributed by atoms with Crippen LogP contribution in [0.1, 0.15) is 36.1 Å². The molecule has 120 valence electrons. The first-order valence-electron chi connectivity index (χ1n) is 8.01. The zero-order chi connectivity index (χ0) is 16.2. The van der Waals surface area contributed by atoms with Crippen molar-refractivity contribution >= 4 is 0 Å². The summed E-state index contributed by atoms with van der Waals surface area (Å²) in [5, 5.41) is 20.6. The van der Waals surface area contributed by atoms with Gasteiger partial charge >= 0.3 is 0 Å². The van der Waals surface area contributed by atoms with E-state index < -0.39 is 0 Å². The summed E-state index contributed by atoms with van der Waals surface area (Å²) < 4.78 is 16.1. The van der Waals surface area contributed by atoms with Gasteiger partial charge in [-0.3, -0.25) is 0 Å². The van der Waals surface area contributed by atoms with Gasteiger partial charge in [-0.1, -0.05) is 13.0 Å². The number of aryl methyl sites for hydroxylation is 2. The van der Waals surface area contributed by atoms with E-state index in [0.717, 1.165) is 44.0 Å². The lowest BCUT2D eigenvalue weighted by molar-refractivity contribution is 0.342. The van der Waals surface area contributed by atoms with Crippen LogP contribution in [-0.4, -0.2) is 21.3 Å². The number of hydrogen-bond donors (Lipinski definition) is 1. The van der Waals surface area contributed by atoms with Crippen LogP contribution in [0.5, 0.6) is 0 Å². The highest BCUT2D eigenvalue weighted by molar-refractivity contribution is 5.32. The molecular weight excluding hydrogens is 293 g/mol. The van der Waals surface area contributed by atoms with Crippen LogP contribution in [0.3, 0.4) is 0 Å². The highest BCUT2D eigenvalue weighted by Crippen LogP contribution is 2.20. The Labute approximate surface area is 135 Å². The molecule has 0 saturated carbocycles. The third-order valence-electron chi connectivity index (χ3n) is 4.37. The van der Waals surface area contributed by atoms with Crippen molar-refractivity contribution in [3.63, 3.8) is 0 Å². The Bertz CT molecular complexity index is 718. The van der Waals surface area contributed by atoms with Crippen LogP contribution in [0.2, 0.25) is 0 Å². The molecule has 0 fully saturated rings. The number of halogens is 1. The zero-order valence-corrected chi connectivity index (χ0v) is 13.2. The quantitative estimate of drug-likeness (QED) is 0.919. The van der Waals surface area contributed by atoms with Crippen LogP contribution < -0.4 is 5.32 Å². The second-order valence-electron chi connectivity index (χ2n) is 5.95. The first kappa shape index (κ1) is 15.6. The van der Waals surface area contributed by atoms with E-state index in [4.69, 9.17) is 5.26 Å². The maximum absolute atomic E-state index is 13.8. The van der Waals surface area contributed by atoms with Crippen LogP contribution in [0.25, 0.3) is 0 Å². The van der Waals surface area contributed by atoms with Crippen molar-refractivity contribution in [1.29, 1.82) is 5.26 Å². The van der Waals surface area contributed by atoms with Gasteiger partial charge in [0, 0.05) is 31.5 Å². The molecule has 6 heteroatoms. The van der Waals surface area contributed by atoms with Crippen LogP contribution in [0, 0.1) is 23.1 Å². The van der Waals surface area contributed by atoms with E-state index in [1.807, 2.05) is 6.07 Å². The number of aromatic nitrogens is 3. The molecule has 0 unspecified atom stereocenters. The van der Waals surface area contributed by atoms with E-state index >= 15 is 0 Å². The number of rotatable bonds is 5. The van der Waals surface area contributed by atoms with Crippen molar-refractivity contribution in [2.75, 3.05) is 6.54 Å². The molecule has 0 radical (unpaired) electrons. The lowest BCUT2D eigenvalue weighted by atomic mass is 9.99. The van der Waals surface area contributed by atoms with Gasteiger partial charge in [-0.05, 0) is 31.0 Å². The lowest BCUT2D eigenvalue weighted by Gasteiger charge is -2.24. The van der Waals surface area contributed by atoms with Gasteiger partial charge in [0.1, 0.15) is 17.5 Å². The van der Waals surface area contributed by atoms with Gasteiger partial charge < -0.3 is 9.88 Å². The Morgan fingerprint density at radius 2 is 2.30 bits per heavy atom. The fraction of sp³-hybridized carbons (Fsp3) is 0.471. The lowest BCUT2D eigenvalue weighted by Crippen LogP contribution is -2.30. The van der Waals surface area contributed by atoms with Crippen LogP contribution in [0.15, 0.2) is 18.2 Å². The smallest absolute Gasteiger partial charge is 0.133 e. The van der Waals surface area contributed by atoms with E-state index in [1.54, 1.807) is 12.1 Å².